The van der Waals surface area contributed by atoms with Crippen molar-refractivity contribution in [1.29, 1.82) is 0 Å². The minimum Gasteiger partial charge on any atom is -0.0724 e. The third-order valence-corrected chi connectivity index (χ3v) is 2.94. The highest BCUT2D eigenvalue weighted by Crippen LogP contribution is 2.24. The summed E-state index contributed by atoms with van der Waals surface area (Å²) in [5, 5.41) is 0. The predicted octanol–water partition coefficient (Wildman–Crippen LogP) is 5.01. The molecule has 1 aromatic rings. The number of hydrogen-bond acceptors (Lipinski definition) is 0. The van der Waals surface area contributed by atoms with E-state index in [1.54, 1.807) is 5.56 Å². The summed E-state index contributed by atoms with van der Waals surface area (Å²) < 4.78 is 0. The van der Waals surface area contributed by atoms with Crippen molar-refractivity contribution in [3.05, 3.63) is 40.5 Å². The Hall–Kier alpha value is -1.04. The lowest BCUT2D eigenvalue weighted by atomic mass is 9.91. The highest BCUT2D eigenvalue weighted by atomic mass is 14.1. The van der Waals surface area contributed by atoms with Crippen molar-refractivity contribution in [3.63, 3.8) is 0 Å². The second kappa shape index (κ2) is 6.52. The topological polar surface area (TPSA) is 0 Å². The van der Waals surface area contributed by atoms with Gasteiger partial charge in [0.1, 0.15) is 0 Å². The Kier molecular flexibility index (Phi) is 5.31. The molecule has 88 valence electrons. The summed E-state index contributed by atoms with van der Waals surface area (Å²) >= 11 is 0. The minimum absolute atomic E-state index is 1.22. The zero-order valence-electron chi connectivity index (χ0n) is 11.1. The summed E-state index contributed by atoms with van der Waals surface area (Å²) in [6.07, 6.45) is 7.26. The molecule has 0 fully saturated rings. The maximum atomic E-state index is 2.39. The molecule has 2 rings (SSSR count). The first kappa shape index (κ1) is 13.0. The number of allylic oxidation sites excluding steroid dienone is 1. The number of hydrogen-bond donors (Lipinski definition) is 0. The van der Waals surface area contributed by atoms with Crippen molar-refractivity contribution in [2.45, 2.75) is 53.4 Å². The average Bonchev–Trinajstić information content (AvgIpc) is 2.32. The van der Waals surface area contributed by atoms with Gasteiger partial charge < -0.3 is 0 Å². The monoisotopic (exact) mass is 216 g/mol. The fourth-order valence-corrected chi connectivity index (χ4v) is 2.13. The third kappa shape index (κ3) is 3.23. The van der Waals surface area contributed by atoms with Crippen molar-refractivity contribution in [1.82, 2.24) is 0 Å². The largest absolute Gasteiger partial charge is 0.0724 e. The molecule has 0 aromatic heterocycles. The van der Waals surface area contributed by atoms with Crippen molar-refractivity contribution < 1.29 is 0 Å². The molecule has 0 heteroatoms. The van der Waals surface area contributed by atoms with Gasteiger partial charge in [-0.1, -0.05) is 57.0 Å². The standard InChI is InChI=1S/C14H18.C2H6/c1-3-4-12-6-8-13-9-11(2)5-7-14(13)10-12;1-2/h6,8-10H,3-5,7H2,1-2H3;1-2H3. The molecule has 0 nitrogen and oxygen atoms in total. The van der Waals surface area contributed by atoms with E-state index in [0.29, 0.717) is 0 Å². The molecular formula is C16H24. The first-order valence-corrected chi connectivity index (χ1v) is 6.58. The molecule has 1 aliphatic carbocycles. The molecule has 16 heavy (non-hydrogen) atoms. The number of rotatable bonds is 2. The summed E-state index contributed by atoms with van der Waals surface area (Å²) in [5.41, 5.74) is 6.00. The summed E-state index contributed by atoms with van der Waals surface area (Å²) in [7, 11) is 0. The zero-order chi connectivity index (χ0) is 12.0. The smallest absolute Gasteiger partial charge is 0.0225 e. The van der Waals surface area contributed by atoms with Crippen molar-refractivity contribution in [2.24, 2.45) is 0 Å². The molecule has 0 atom stereocenters. The zero-order valence-corrected chi connectivity index (χ0v) is 11.1. The molecule has 0 amide bonds. The molecule has 0 N–H and O–H groups in total. The fraction of sp³-hybridized carbons (Fsp3) is 0.500. The Bertz CT molecular complexity index is 358. The lowest BCUT2D eigenvalue weighted by molar-refractivity contribution is 0.895. The molecule has 0 spiro atoms. The van der Waals surface area contributed by atoms with E-state index in [2.05, 4.69) is 38.1 Å². The van der Waals surface area contributed by atoms with Crippen LogP contribution in [0.3, 0.4) is 0 Å². The second-order valence-electron chi connectivity index (χ2n) is 4.27. The predicted molar refractivity (Wildman–Crippen MR) is 73.8 cm³/mol. The van der Waals surface area contributed by atoms with Crippen molar-refractivity contribution in [2.75, 3.05) is 0 Å². The number of benzene rings is 1. The summed E-state index contributed by atoms with van der Waals surface area (Å²) in [5.74, 6) is 0. The van der Waals surface area contributed by atoms with Gasteiger partial charge in [-0.25, -0.2) is 0 Å². The summed E-state index contributed by atoms with van der Waals surface area (Å²) in [4.78, 5) is 0. The van der Waals surface area contributed by atoms with E-state index in [1.807, 2.05) is 13.8 Å². The molecular weight excluding hydrogens is 192 g/mol. The Morgan fingerprint density at radius 2 is 1.88 bits per heavy atom. The quantitative estimate of drug-likeness (QED) is 0.651. The van der Waals surface area contributed by atoms with Gasteiger partial charge in [0, 0.05) is 0 Å². The Balaban J connectivity index is 0.000000606. The van der Waals surface area contributed by atoms with Gasteiger partial charge in [0.25, 0.3) is 0 Å². The highest BCUT2D eigenvalue weighted by Gasteiger charge is 2.07. The normalized spacial score (nSPS) is 13.4. The Morgan fingerprint density at radius 3 is 2.56 bits per heavy atom. The molecule has 0 saturated carbocycles. The second-order valence-corrected chi connectivity index (χ2v) is 4.27. The fourth-order valence-electron chi connectivity index (χ4n) is 2.13. The van der Waals surface area contributed by atoms with Gasteiger partial charge in [-0.3, -0.25) is 0 Å². The molecule has 0 saturated heterocycles. The maximum absolute atomic E-state index is 2.39. The van der Waals surface area contributed by atoms with Crippen LogP contribution in [0.4, 0.5) is 0 Å². The van der Waals surface area contributed by atoms with Crippen LogP contribution in [0, 0.1) is 0 Å². The van der Waals surface area contributed by atoms with Crippen LogP contribution in [-0.2, 0) is 12.8 Å². The van der Waals surface area contributed by atoms with E-state index in [0.717, 1.165) is 0 Å². The van der Waals surface area contributed by atoms with E-state index < -0.39 is 0 Å². The third-order valence-electron chi connectivity index (χ3n) is 2.94. The average molecular weight is 216 g/mol. The van der Waals surface area contributed by atoms with E-state index in [9.17, 15) is 0 Å². The van der Waals surface area contributed by atoms with Crippen LogP contribution in [0.15, 0.2) is 23.8 Å². The Labute approximate surface area is 100 Å². The highest BCUT2D eigenvalue weighted by molar-refractivity contribution is 5.59. The molecule has 0 aliphatic heterocycles. The van der Waals surface area contributed by atoms with E-state index >= 15 is 0 Å². The number of aryl methyl sites for hydroxylation is 2. The molecule has 0 radical (unpaired) electrons. The van der Waals surface area contributed by atoms with Crippen LogP contribution < -0.4 is 0 Å². The van der Waals surface area contributed by atoms with Crippen LogP contribution in [0.25, 0.3) is 6.08 Å². The van der Waals surface area contributed by atoms with Gasteiger partial charge in [0.15, 0.2) is 0 Å². The van der Waals surface area contributed by atoms with Crippen LogP contribution >= 0.6 is 0 Å². The van der Waals surface area contributed by atoms with E-state index in [-0.39, 0.29) is 0 Å². The van der Waals surface area contributed by atoms with Crippen LogP contribution in [0.1, 0.15) is 57.2 Å². The summed E-state index contributed by atoms with van der Waals surface area (Å²) in [6, 6.07) is 6.95. The van der Waals surface area contributed by atoms with Crippen molar-refractivity contribution >= 4 is 6.08 Å². The SMILES string of the molecule is CC.CCCc1ccc2c(c1)CCC(C)=C2. The first-order valence-electron chi connectivity index (χ1n) is 6.58. The molecule has 0 unspecified atom stereocenters. The minimum atomic E-state index is 1.22. The van der Waals surface area contributed by atoms with E-state index in [1.165, 1.54) is 42.4 Å². The van der Waals surface area contributed by atoms with Crippen LogP contribution in [0.5, 0.6) is 0 Å². The van der Waals surface area contributed by atoms with Gasteiger partial charge in [-0.2, -0.15) is 0 Å². The van der Waals surface area contributed by atoms with Gasteiger partial charge in [-0.05, 0) is 42.9 Å². The van der Waals surface area contributed by atoms with Gasteiger partial charge in [0.2, 0.25) is 0 Å². The summed E-state index contributed by atoms with van der Waals surface area (Å²) in [6.45, 7) is 8.46. The van der Waals surface area contributed by atoms with Crippen LogP contribution in [0.2, 0.25) is 0 Å². The molecule has 1 aliphatic rings. The van der Waals surface area contributed by atoms with Gasteiger partial charge in [-0.15, -0.1) is 0 Å². The van der Waals surface area contributed by atoms with Gasteiger partial charge >= 0.3 is 0 Å². The van der Waals surface area contributed by atoms with Gasteiger partial charge in [0.05, 0.1) is 0 Å². The molecule has 0 heterocycles. The maximum Gasteiger partial charge on any atom is -0.0225 e. The lowest BCUT2D eigenvalue weighted by Crippen LogP contribution is -1.98. The van der Waals surface area contributed by atoms with Crippen molar-refractivity contribution in [3.8, 4) is 0 Å². The Morgan fingerprint density at radius 1 is 1.12 bits per heavy atom. The van der Waals surface area contributed by atoms with Crippen LogP contribution in [-0.4, -0.2) is 0 Å². The first-order chi connectivity index (χ1) is 7.79. The molecule has 1 aromatic carbocycles. The molecule has 0 bridgehead atoms. The lowest BCUT2D eigenvalue weighted by Gasteiger charge is -2.15. The van der Waals surface area contributed by atoms with E-state index in [4.69, 9.17) is 0 Å². The number of fused-ring (bicyclic) bond motifs is 1.